The third kappa shape index (κ3) is 2.36. The van der Waals surface area contributed by atoms with Crippen LogP contribution in [0.4, 0.5) is 4.39 Å². The first-order valence-corrected chi connectivity index (χ1v) is 6.71. The fraction of sp³-hybridized carbons (Fsp3) is 0.0714. The summed E-state index contributed by atoms with van der Waals surface area (Å²) in [7, 11) is 0. The van der Waals surface area contributed by atoms with Gasteiger partial charge < -0.3 is 5.11 Å². The summed E-state index contributed by atoms with van der Waals surface area (Å²) in [6, 6.07) is 7.04. The van der Waals surface area contributed by atoms with Crippen molar-refractivity contribution < 1.29 is 14.3 Å². The lowest BCUT2D eigenvalue weighted by molar-refractivity contribution is 0.0688. The van der Waals surface area contributed by atoms with Crippen LogP contribution < -0.4 is 0 Å². The Kier molecular flexibility index (Phi) is 3.34. The topological polar surface area (TPSA) is 68.0 Å². The third-order valence-electron chi connectivity index (χ3n) is 3.04. The van der Waals surface area contributed by atoms with Gasteiger partial charge in [-0.3, -0.25) is 4.57 Å². The van der Waals surface area contributed by atoms with E-state index in [1.807, 2.05) is 0 Å². The molecular weight excluding hydrogens is 293 g/mol. The van der Waals surface area contributed by atoms with Gasteiger partial charge >= 0.3 is 5.97 Å². The largest absolute Gasteiger partial charge is 0.477 e. The van der Waals surface area contributed by atoms with Crippen LogP contribution in [0.15, 0.2) is 36.5 Å². The molecule has 0 atom stereocenters. The van der Waals surface area contributed by atoms with Crippen LogP contribution in [0.5, 0.6) is 0 Å². The Morgan fingerprint density at radius 2 is 2.05 bits per heavy atom. The SMILES string of the molecule is O=C(O)c1cc2cnc(CS)nc2n1-c1ccc(F)cc1. The Labute approximate surface area is 124 Å². The number of fused-ring (bicyclic) bond motifs is 1. The molecule has 1 aromatic carbocycles. The highest BCUT2D eigenvalue weighted by Crippen LogP contribution is 2.23. The van der Waals surface area contributed by atoms with Gasteiger partial charge in [-0.25, -0.2) is 19.2 Å². The Morgan fingerprint density at radius 3 is 2.67 bits per heavy atom. The van der Waals surface area contributed by atoms with Gasteiger partial charge in [0, 0.05) is 17.3 Å². The number of halogens is 1. The van der Waals surface area contributed by atoms with Crippen molar-refractivity contribution in [3.63, 3.8) is 0 Å². The van der Waals surface area contributed by atoms with Crippen molar-refractivity contribution in [2.75, 3.05) is 0 Å². The first-order chi connectivity index (χ1) is 10.1. The standard InChI is InChI=1S/C14H10FN3O2S/c15-9-1-3-10(4-2-9)18-11(14(19)20)5-8-6-16-12(7-21)17-13(8)18/h1-6,21H,7H2,(H,19,20). The molecule has 0 aliphatic rings. The fourth-order valence-corrected chi connectivity index (χ4v) is 2.26. The average Bonchev–Trinajstić information content (AvgIpc) is 2.86. The van der Waals surface area contributed by atoms with Gasteiger partial charge in [-0.15, -0.1) is 0 Å². The van der Waals surface area contributed by atoms with E-state index in [-0.39, 0.29) is 5.69 Å². The molecular formula is C14H10FN3O2S. The first-order valence-electron chi connectivity index (χ1n) is 6.07. The van der Waals surface area contributed by atoms with Crippen molar-refractivity contribution in [1.29, 1.82) is 0 Å². The van der Waals surface area contributed by atoms with E-state index in [9.17, 15) is 14.3 Å². The van der Waals surface area contributed by atoms with Gasteiger partial charge in [-0.05, 0) is 30.3 Å². The highest BCUT2D eigenvalue weighted by atomic mass is 32.1. The van der Waals surface area contributed by atoms with Crippen molar-refractivity contribution >= 4 is 29.6 Å². The van der Waals surface area contributed by atoms with Gasteiger partial charge in [0.2, 0.25) is 0 Å². The molecule has 0 bridgehead atoms. The van der Waals surface area contributed by atoms with Gasteiger partial charge in [0.25, 0.3) is 0 Å². The van der Waals surface area contributed by atoms with Crippen LogP contribution in [0, 0.1) is 5.82 Å². The van der Waals surface area contributed by atoms with E-state index in [0.29, 0.717) is 28.3 Å². The lowest BCUT2D eigenvalue weighted by Crippen LogP contribution is -2.07. The lowest BCUT2D eigenvalue weighted by atomic mass is 10.3. The second-order valence-electron chi connectivity index (χ2n) is 4.37. The van der Waals surface area contributed by atoms with E-state index >= 15 is 0 Å². The molecule has 0 radical (unpaired) electrons. The Morgan fingerprint density at radius 1 is 1.33 bits per heavy atom. The molecule has 0 aliphatic heterocycles. The summed E-state index contributed by atoms with van der Waals surface area (Å²) >= 11 is 4.12. The number of hydrogen-bond acceptors (Lipinski definition) is 4. The molecule has 1 N–H and O–H groups in total. The second-order valence-corrected chi connectivity index (χ2v) is 4.69. The number of carboxylic acids is 1. The Bertz CT molecular complexity index is 830. The van der Waals surface area contributed by atoms with Crippen LogP contribution in [0.3, 0.4) is 0 Å². The zero-order valence-corrected chi connectivity index (χ0v) is 11.6. The molecule has 5 nitrogen and oxygen atoms in total. The molecule has 0 amide bonds. The molecule has 2 aromatic heterocycles. The van der Waals surface area contributed by atoms with E-state index < -0.39 is 11.8 Å². The zero-order valence-electron chi connectivity index (χ0n) is 10.7. The van der Waals surface area contributed by atoms with E-state index in [1.54, 1.807) is 6.20 Å². The van der Waals surface area contributed by atoms with Crippen molar-refractivity contribution in [1.82, 2.24) is 14.5 Å². The lowest BCUT2D eigenvalue weighted by Gasteiger charge is -2.08. The number of rotatable bonds is 3. The summed E-state index contributed by atoms with van der Waals surface area (Å²) in [5, 5.41) is 9.95. The monoisotopic (exact) mass is 303 g/mol. The summed E-state index contributed by atoms with van der Waals surface area (Å²) in [5.74, 6) is -0.654. The molecule has 7 heteroatoms. The number of carboxylic acid groups (broad SMARTS) is 1. The fourth-order valence-electron chi connectivity index (χ4n) is 2.11. The van der Waals surface area contributed by atoms with Crippen LogP contribution in [-0.4, -0.2) is 25.6 Å². The van der Waals surface area contributed by atoms with E-state index in [1.165, 1.54) is 34.9 Å². The number of aromatic nitrogens is 3. The normalized spacial score (nSPS) is 11.0. The number of benzene rings is 1. The van der Waals surface area contributed by atoms with Gasteiger partial charge in [-0.2, -0.15) is 12.6 Å². The predicted molar refractivity (Wildman–Crippen MR) is 78.5 cm³/mol. The molecule has 3 rings (SSSR count). The molecule has 106 valence electrons. The maximum Gasteiger partial charge on any atom is 0.352 e. The minimum Gasteiger partial charge on any atom is -0.477 e. The van der Waals surface area contributed by atoms with Crippen LogP contribution in [0.25, 0.3) is 16.7 Å². The minimum atomic E-state index is -1.09. The summed E-state index contributed by atoms with van der Waals surface area (Å²) < 4.78 is 14.5. The van der Waals surface area contributed by atoms with E-state index in [4.69, 9.17) is 0 Å². The van der Waals surface area contributed by atoms with Crippen LogP contribution in [0.2, 0.25) is 0 Å². The molecule has 21 heavy (non-hydrogen) atoms. The smallest absolute Gasteiger partial charge is 0.352 e. The number of carbonyl (C=O) groups is 1. The maximum absolute atomic E-state index is 13.1. The first kappa shape index (κ1) is 13.6. The predicted octanol–water partition coefficient (Wildman–Crippen LogP) is 2.69. The second kappa shape index (κ2) is 5.17. The van der Waals surface area contributed by atoms with Crippen molar-refractivity contribution in [2.45, 2.75) is 5.75 Å². The molecule has 3 aromatic rings. The summed E-state index contributed by atoms with van der Waals surface area (Å²) in [4.78, 5) is 19.8. The molecule has 0 saturated heterocycles. The quantitative estimate of drug-likeness (QED) is 0.730. The van der Waals surface area contributed by atoms with Crippen molar-refractivity contribution in [2.24, 2.45) is 0 Å². The Balaban J connectivity index is 2.33. The van der Waals surface area contributed by atoms with Crippen LogP contribution in [0.1, 0.15) is 16.3 Å². The Hall–Kier alpha value is -2.41. The number of nitrogens with zero attached hydrogens (tertiary/aromatic N) is 3. The van der Waals surface area contributed by atoms with Crippen molar-refractivity contribution in [3.8, 4) is 5.69 Å². The summed E-state index contributed by atoms with van der Waals surface area (Å²) in [6.45, 7) is 0. The van der Waals surface area contributed by atoms with Crippen molar-refractivity contribution in [3.05, 3.63) is 53.9 Å². The maximum atomic E-state index is 13.1. The van der Waals surface area contributed by atoms with E-state index in [2.05, 4.69) is 22.6 Å². The number of hydrogen-bond donors (Lipinski definition) is 2. The van der Waals surface area contributed by atoms with Gasteiger partial charge in [0.15, 0.2) is 0 Å². The summed E-state index contributed by atoms with van der Waals surface area (Å²) in [5.41, 5.74) is 1.02. The minimum absolute atomic E-state index is 0.0437. The van der Waals surface area contributed by atoms with Crippen LogP contribution in [-0.2, 0) is 5.75 Å². The highest BCUT2D eigenvalue weighted by molar-refractivity contribution is 7.79. The summed E-state index contributed by atoms with van der Waals surface area (Å²) in [6.07, 6.45) is 1.56. The van der Waals surface area contributed by atoms with E-state index in [0.717, 1.165) is 0 Å². The average molecular weight is 303 g/mol. The molecule has 0 aliphatic carbocycles. The van der Waals surface area contributed by atoms with Gasteiger partial charge in [0.1, 0.15) is 23.0 Å². The number of thiol groups is 1. The molecule has 0 unspecified atom stereocenters. The molecule has 2 heterocycles. The van der Waals surface area contributed by atoms with Gasteiger partial charge in [0.05, 0.1) is 5.75 Å². The highest BCUT2D eigenvalue weighted by Gasteiger charge is 2.17. The number of aromatic carboxylic acids is 1. The zero-order chi connectivity index (χ0) is 15.0. The van der Waals surface area contributed by atoms with Crippen LogP contribution >= 0.6 is 12.6 Å². The molecule has 0 spiro atoms. The third-order valence-corrected chi connectivity index (χ3v) is 3.32. The molecule has 0 saturated carbocycles. The molecule has 0 fully saturated rings. The van der Waals surface area contributed by atoms with Gasteiger partial charge in [-0.1, -0.05) is 0 Å².